The van der Waals surface area contributed by atoms with Gasteiger partial charge in [0.2, 0.25) is 0 Å². The zero-order chi connectivity index (χ0) is 12.7. The van der Waals surface area contributed by atoms with Crippen molar-refractivity contribution in [3.8, 4) is 0 Å². The first-order valence-corrected chi connectivity index (χ1v) is 6.95. The molecule has 3 rings (SSSR count). The second-order valence-corrected chi connectivity index (χ2v) is 5.53. The summed E-state index contributed by atoms with van der Waals surface area (Å²) in [5.41, 5.74) is 3.45. The minimum absolute atomic E-state index is 0.00780. The highest BCUT2D eigenvalue weighted by atomic mass is 79.9. The number of halogens is 2. The third-order valence-electron chi connectivity index (χ3n) is 2.75. The summed E-state index contributed by atoms with van der Waals surface area (Å²) >= 11 is 6.98. The summed E-state index contributed by atoms with van der Waals surface area (Å²) in [7, 11) is 0. The topological polar surface area (TPSA) is 61.8 Å². The Morgan fingerprint density at radius 3 is 2.67 bits per heavy atom. The maximum atomic E-state index is 11.2. The van der Waals surface area contributed by atoms with Gasteiger partial charge in [-0.25, -0.2) is 4.79 Å². The maximum Gasteiger partial charge on any atom is 0.323 e. The van der Waals surface area contributed by atoms with E-state index >= 15 is 0 Å². The molecule has 3 aromatic rings. The SMILES string of the molecule is O=c1[nH]c2ccc(C(Br)c3ccoc3Br)cc2[nH]1. The number of rotatable bonds is 2. The number of hydrogen-bond acceptors (Lipinski definition) is 2. The third kappa shape index (κ3) is 1.95. The highest BCUT2D eigenvalue weighted by Gasteiger charge is 2.16. The van der Waals surface area contributed by atoms with E-state index in [2.05, 4.69) is 41.8 Å². The first-order valence-electron chi connectivity index (χ1n) is 5.24. The van der Waals surface area contributed by atoms with Crippen molar-refractivity contribution in [2.24, 2.45) is 0 Å². The lowest BCUT2D eigenvalue weighted by Gasteiger charge is -2.08. The zero-order valence-corrected chi connectivity index (χ0v) is 12.2. The molecule has 0 spiro atoms. The van der Waals surface area contributed by atoms with Crippen molar-refractivity contribution in [3.63, 3.8) is 0 Å². The Morgan fingerprint density at radius 2 is 1.94 bits per heavy atom. The van der Waals surface area contributed by atoms with Crippen LogP contribution in [0.25, 0.3) is 11.0 Å². The van der Waals surface area contributed by atoms with Crippen molar-refractivity contribution in [3.05, 3.63) is 56.8 Å². The van der Waals surface area contributed by atoms with Gasteiger partial charge in [0, 0.05) is 5.56 Å². The molecule has 0 saturated heterocycles. The molecule has 0 bridgehead atoms. The number of fused-ring (bicyclic) bond motifs is 1. The van der Waals surface area contributed by atoms with Gasteiger partial charge >= 0.3 is 5.69 Å². The van der Waals surface area contributed by atoms with E-state index in [1.54, 1.807) is 6.26 Å². The largest absolute Gasteiger partial charge is 0.457 e. The number of benzene rings is 1. The standard InChI is InChI=1S/C12H8Br2N2O2/c13-10(7-3-4-18-11(7)14)6-1-2-8-9(5-6)16-12(17)15-8/h1-5,10H,(H2,15,16,17). The molecule has 18 heavy (non-hydrogen) atoms. The lowest BCUT2D eigenvalue weighted by Crippen LogP contribution is -1.99. The molecule has 0 radical (unpaired) electrons. The van der Waals surface area contributed by atoms with Gasteiger partial charge in [-0.3, -0.25) is 0 Å². The summed E-state index contributed by atoms with van der Waals surface area (Å²) in [5, 5.41) is 0. The van der Waals surface area contributed by atoms with E-state index in [0.29, 0.717) is 4.67 Å². The van der Waals surface area contributed by atoms with Gasteiger partial charge in [0.05, 0.1) is 22.1 Å². The molecule has 4 nitrogen and oxygen atoms in total. The van der Waals surface area contributed by atoms with Gasteiger partial charge in [0.1, 0.15) is 0 Å². The van der Waals surface area contributed by atoms with Crippen LogP contribution in [0.4, 0.5) is 0 Å². The maximum absolute atomic E-state index is 11.2. The smallest absolute Gasteiger partial charge is 0.323 e. The lowest BCUT2D eigenvalue weighted by atomic mass is 10.1. The molecule has 6 heteroatoms. The second-order valence-electron chi connectivity index (χ2n) is 3.90. The minimum atomic E-state index is -0.197. The summed E-state index contributed by atoms with van der Waals surface area (Å²) in [5.74, 6) is 0. The van der Waals surface area contributed by atoms with Gasteiger partial charge < -0.3 is 14.4 Å². The first-order chi connectivity index (χ1) is 8.65. The quantitative estimate of drug-likeness (QED) is 0.674. The van der Waals surface area contributed by atoms with Crippen molar-refractivity contribution in [1.29, 1.82) is 0 Å². The molecule has 1 unspecified atom stereocenters. The number of H-pyrrole nitrogens is 2. The predicted molar refractivity (Wildman–Crippen MR) is 76.1 cm³/mol. The Kier molecular flexibility index (Phi) is 2.91. The van der Waals surface area contributed by atoms with Crippen LogP contribution in [0.2, 0.25) is 0 Å². The number of alkyl halides is 1. The van der Waals surface area contributed by atoms with Crippen LogP contribution in [0, 0.1) is 0 Å². The number of imidazole rings is 1. The average molecular weight is 372 g/mol. The lowest BCUT2D eigenvalue weighted by molar-refractivity contribution is 0.537. The molecule has 2 heterocycles. The number of aromatic nitrogens is 2. The Hall–Kier alpha value is -1.27. The van der Waals surface area contributed by atoms with E-state index in [9.17, 15) is 4.79 Å². The minimum Gasteiger partial charge on any atom is -0.457 e. The van der Waals surface area contributed by atoms with E-state index in [-0.39, 0.29) is 10.5 Å². The third-order valence-corrected chi connectivity index (χ3v) is 4.42. The highest BCUT2D eigenvalue weighted by Crippen LogP contribution is 2.36. The highest BCUT2D eigenvalue weighted by molar-refractivity contribution is 9.10. The number of furan rings is 1. The second kappa shape index (κ2) is 4.44. The molecule has 1 aromatic carbocycles. The molecule has 1 atom stereocenters. The van der Waals surface area contributed by atoms with E-state index in [1.807, 2.05) is 24.3 Å². The van der Waals surface area contributed by atoms with Crippen LogP contribution in [-0.4, -0.2) is 9.97 Å². The van der Waals surface area contributed by atoms with Crippen LogP contribution < -0.4 is 5.69 Å². The number of nitrogens with one attached hydrogen (secondary N) is 2. The zero-order valence-electron chi connectivity index (χ0n) is 9.04. The van der Waals surface area contributed by atoms with Crippen LogP contribution in [-0.2, 0) is 0 Å². The van der Waals surface area contributed by atoms with E-state index in [0.717, 1.165) is 22.2 Å². The molecule has 92 valence electrons. The molecule has 0 saturated carbocycles. The molecular formula is C12H8Br2N2O2. The van der Waals surface area contributed by atoms with Crippen molar-refractivity contribution in [1.82, 2.24) is 9.97 Å². The number of hydrogen-bond donors (Lipinski definition) is 2. The van der Waals surface area contributed by atoms with Crippen LogP contribution >= 0.6 is 31.9 Å². The van der Waals surface area contributed by atoms with Crippen molar-refractivity contribution in [2.75, 3.05) is 0 Å². The van der Waals surface area contributed by atoms with Crippen LogP contribution in [0.1, 0.15) is 16.0 Å². The Bertz CT molecular complexity index is 757. The fraction of sp³-hybridized carbons (Fsp3) is 0.0833. The summed E-state index contributed by atoms with van der Waals surface area (Å²) in [4.78, 5) is 16.7. The summed E-state index contributed by atoms with van der Waals surface area (Å²) < 4.78 is 5.92. The molecule has 2 N–H and O–H groups in total. The van der Waals surface area contributed by atoms with Gasteiger partial charge in [-0.2, -0.15) is 0 Å². The Balaban J connectivity index is 2.09. The van der Waals surface area contributed by atoms with Gasteiger partial charge in [-0.05, 0) is 39.7 Å². The van der Waals surface area contributed by atoms with Gasteiger partial charge in [0.25, 0.3) is 0 Å². The number of aromatic amines is 2. The predicted octanol–water partition coefficient (Wildman–Crippen LogP) is 3.70. The summed E-state index contributed by atoms with van der Waals surface area (Å²) in [6.07, 6.45) is 1.63. The Labute approximate surface area is 119 Å². The van der Waals surface area contributed by atoms with Crippen LogP contribution in [0.3, 0.4) is 0 Å². The van der Waals surface area contributed by atoms with Gasteiger partial charge in [-0.1, -0.05) is 22.0 Å². The average Bonchev–Trinajstić information content (AvgIpc) is 2.91. The van der Waals surface area contributed by atoms with E-state index in [1.165, 1.54) is 0 Å². The van der Waals surface area contributed by atoms with Crippen molar-refractivity contribution in [2.45, 2.75) is 4.83 Å². The van der Waals surface area contributed by atoms with Gasteiger partial charge in [0.15, 0.2) is 4.67 Å². The first kappa shape index (κ1) is 11.8. The van der Waals surface area contributed by atoms with E-state index in [4.69, 9.17) is 4.42 Å². The van der Waals surface area contributed by atoms with Gasteiger partial charge in [-0.15, -0.1) is 0 Å². The summed E-state index contributed by atoms with van der Waals surface area (Å²) in [6, 6.07) is 7.68. The fourth-order valence-electron chi connectivity index (χ4n) is 1.87. The van der Waals surface area contributed by atoms with Crippen LogP contribution in [0.15, 0.2) is 44.4 Å². The molecule has 0 aliphatic heterocycles. The van der Waals surface area contributed by atoms with Crippen molar-refractivity contribution >= 4 is 42.9 Å². The molecular weight excluding hydrogens is 364 g/mol. The fourth-order valence-corrected chi connectivity index (χ4v) is 3.29. The van der Waals surface area contributed by atoms with E-state index < -0.39 is 0 Å². The molecule has 0 aliphatic carbocycles. The monoisotopic (exact) mass is 370 g/mol. The molecule has 0 fully saturated rings. The summed E-state index contributed by atoms with van der Waals surface area (Å²) in [6.45, 7) is 0. The van der Waals surface area contributed by atoms with Crippen LogP contribution in [0.5, 0.6) is 0 Å². The van der Waals surface area contributed by atoms with Crippen molar-refractivity contribution < 1.29 is 4.42 Å². The molecule has 0 aliphatic rings. The Morgan fingerprint density at radius 1 is 1.17 bits per heavy atom. The normalized spacial score (nSPS) is 13.0. The molecule has 2 aromatic heterocycles. The molecule has 0 amide bonds.